The highest BCUT2D eigenvalue weighted by Gasteiger charge is 2.60. The Morgan fingerprint density at radius 3 is 2.26 bits per heavy atom. The summed E-state index contributed by atoms with van der Waals surface area (Å²) in [5.74, 6) is -2.93. The molecule has 39 heavy (non-hydrogen) atoms. The van der Waals surface area contributed by atoms with Gasteiger partial charge in [-0.1, -0.05) is 66.2 Å². The molecule has 4 atom stereocenters. The van der Waals surface area contributed by atoms with Gasteiger partial charge in [0.25, 0.3) is 0 Å². The largest absolute Gasteiger partial charge is 0.497 e. The molecule has 6 nitrogen and oxygen atoms in total. The zero-order valence-corrected chi connectivity index (χ0v) is 21.5. The molecule has 0 aromatic heterocycles. The lowest BCUT2D eigenvalue weighted by molar-refractivity contribution is -0.142. The first kappa shape index (κ1) is 23.4. The Kier molecular flexibility index (Phi) is 5.20. The van der Waals surface area contributed by atoms with Crippen LogP contribution in [0.4, 0.5) is 5.69 Å². The molecule has 6 heteroatoms. The Labute approximate surface area is 225 Å². The molecule has 1 fully saturated rings. The van der Waals surface area contributed by atoms with Gasteiger partial charge in [0.1, 0.15) is 11.5 Å². The molecule has 192 valence electrons. The van der Waals surface area contributed by atoms with E-state index in [-0.39, 0.29) is 11.8 Å². The van der Waals surface area contributed by atoms with Gasteiger partial charge in [-0.2, -0.15) is 0 Å². The van der Waals surface area contributed by atoms with E-state index < -0.39 is 29.6 Å². The van der Waals surface area contributed by atoms with Gasteiger partial charge in [0, 0.05) is 11.5 Å². The molecule has 0 saturated carbocycles. The number of hydrogen-bond acceptors (Lipinski definition) is 5. The van der Waals surface area contributed by atoms with E-state index in [4.69, 9.17) is 9.47 Å². The van der Waals surface area contributed by atoms with Gasteiger partial charge >= 0.3 is 5.97 Å². The van der Waals surface area contributed by atoms with Crippen LogP contribution in [0.3, 0.4) is 0 Å². The summed E-state index contributed by atoms with van der Waals surface area (Å²) >= 11 is 0. The van der Waals surface area contributed by atoms with Crippen LogP contribution in [0.2, 0.25) is 0 Å². The quantitative estimate of drug-likeness (QED) is 0.199. The van der Waals surface area contributed by atoms with E-state index in [0.29, 0.717) is 17.2 Å². The molecule has 2 heterocycles. The number of anilines is 1. The second-order valence-corrected chi connectivity index (χ2v) is 10.4. The molecule has 2 aliphatic heterocycles. The van der Waals surface area contributed by atoms with E-state index in [1.807, 2.05) is 79.7 Å². The first-order valence-electron chi connectivity index (χ1n) is 13.0. The van der Waals surface area contributed by atoms with Gasteiger partial charge in [0.15, 0.2) is 0 Å². The third-order valence-electron chi connectivity index (χ3n) is 8.27. The lowest BCUT2D eigenvalue weighted by Crippen LogP contribution is -2.42. The lowest BCUT2D eigenvalue weighted by atomic mass is 9.64. The summed E-state index contributed by atoms with van der Waals surface area (Å²) in [7, 11) is 1.60. The summed E-state index contributed by atoms with van der Waals surface area (Å²) in [6, 6.07) is 26.5. The minimum absolute atomic E-state index is 0.304. The fourth-order valence-corrected chi connectivity index (χ4v) is 6.43. The van der Waals surface area contributed by atoms with Crippen molar-refractivity contribution in [1.82, 2.24) is 0 Å². The van der Waals surface area contributed by atoms with Gasteiger partial charge in [0.2, 0.25) is 11.8 Å². The van der Waals surface area contributed by atoms with Crippen molar-refractivity contribution < 1.29 is 23.9 Å². The standard InChI is InChI=1S/C33H25NO5/c1-18-7-12-21(13-8-18)34-31(35)28-24(20-9-14-22(38-2)15-10-20)17-25-27-23-6-4-3-5-19(23)11-16-26(27)39-33(37)29(25)30(28)32(34)36/h3-17,24,28-30H,1-2H3/t24-,28-,29-,30-/m0/s1. The third-order valence-corrected chi connectivity index (χ3v) is 8.27. The number of carbonyl (C=O) groups is 3. The van der Waals surface area contributed by atoms with Crippen LogP contribution in [-0.2, 0) is 14.4 Å². The zero-order chi connectivity index (χ0) is 26.8. The van der Waals surface area contributed by atoms with Crippen LogP contribution < -0.4 is 14.4 Å². The zero-order valence-electron chi connectivity index (χ0n) is 21.5. The maximum absolute atomic E-state index is 14.1. The number of fused-ring (bicyclic) bond motifs is 7. The number of ether oxygens (including phenoxy) is 2. The molecule has 0 N–H and O–H groups in total. The van der Waals surface area contributed by atoms with Crippen molar-refractivity contribution in [3.05, 3.63) is 108 Å². The molecular weight excluding hydrogens is 490 g/mol. The maximum Gasteiger partial charge on any atom is 0.319 e. The van der Waals surface area contributed by atoms with Gasteiger partial charge in [0.05, 0.1) is 30.6 Å². The Balaban J connectivity index is 1.46. The average molecular weight is 516 g/mol. The van der Waals surface area contributed by atoms with Gasteiger partial charge < -0.3 is 9.47 Å². The number of carbonyl (C=O) groups excluding carboxylic acids is 3. The highest BCUT2D eigenvalue weighted by Crippen LogP contribution is 2.55. The molecule has 0 radical (unpaired) electrons. The number of aryl methyl sites for hydroxylation is 1. The second-order valence-electron chi connectivity index (χ2n) is 10.4. The fraction of sp³-hybridized carbons (Fsp3) is 0.182. The molecule has 1 saturated heterocycles. The smallest absolute Gasteiger partial charge is 0.319 e. The van der Waals surface area contributed by atoms with E-state index in [0.717, 1.165) is 33.0 Å². The topological polar surface area (TPSA) is 72.9 Å². The predicted molar refractivity (Wildman–Crippen MR) is 147 cm³/mol. The van der Waals surface area contributed by atoms with Crippen molar-refractivity contribution in [2.75, 3.05) is 12.0 Å². The molecule has 7 rings (SSSR count). The number of hydrogen-bond donors (Lipinski definition) is 0. The number of amides is 2. The fourth-order valence-electron chi connectivity index (χ4n) is 6.43. The molecule has 0 bridgehead atoms. The van der Waals surface area contributed by atoms with Crippen LogP contribution >= 0.6 is 0 Å². The Morgan fingerprint density at radius 2 is 1.51 bits per heavy atom. The normalized spacial score (nSPS) is 23.6. The number of rotatable bonds is 3. The van der Waals surface area contributed by atoms with E-state index in [9.17, 15) is 14.4 Å². The number of methoxy groups -OCH3 is 1. The number of benzene rings is 4. The molecule has 4 aromatic rings. The van der Waals surface area contributed by atoms with E-state index in [2.05, 4.69) is 0 Å². The van der Waals surface area contributed by atoms with Crippen molar-refractivity contribution in [1.29, 1.82) is 0 Å². The van der Waals surface area contributed by atoms with Crippen LogP contribution in [0.1, 0.15) is 22.6 Å². The first-order valence-corrected chi connectivity index (χ1v) is 13.0. The second kappa shape index (κ2) is 8.67. The summed E-state index contributed by atoms with van der Waals surface area (Å²) < 4.78 is 11.2. The summed E-state index contributed by atoms with van der Waals surface area (Å²) in [5, 5.41) is 1.95. The Bertz CT molecular complexity index is 1700. The highest BCUT2D eigenvalue weighted by atomic mass is 16.5. The number of allylic oxidation sites excluding steroid dienone is 1. The molecule has 0 unspecified atom stereocenters. The van der Waals surface area contributed by atoms with Gasteiger partial charge in [-0.25, -0.2) is 4.90 Å². The highest BCUT2D eigenvalue weighted by molar-refractivity contribution is 6.25. The maximum atomic E-state index is 14.1. The van der Waals surface area contributed by atoms with Crippen LogP contribution in [0, 0.1) is 24.7 Å². The Hall–Kier alpha value is -4.71. The lowest BCUT2D eigenvalue weighted by Gasteiger charge is -2.38. The molecular formula is C33H25NO5. The summed E-state index contributed by atoms with van der Waals surface area (Å²) in [5.41, 5.74) is 3.96. The molecule has 3 aliphatic rings. The van der Waals surface area contributed by atoms with E-state index in [1.165, 1.54) is 4.90 Å². The SMILES string of the molecule is COc1ccc([C@@H]2C=C3c4c(ccc5ccccc45)OC(=O)[C@@H]3[C@H]3C(=O)N(c4ccc(C)cc4)C(=O)[C@H]32)cc1. The van der Waals surface area contributed by atoms with Crippen molar-refractivity contribution >= 4 is 39.8 Å². The van der Waals surface area contributed by atoms with Gasteiger partial charge in [-0.15, -0.1) is 0 Å². The van der Waals surface area contributed by atoms with Crippen LogP contribution in [0.15, 0.2) is 91.0 Å². The minimum Gasteiger partial charge on any atom is -0.497 e. The van der Waals surface area contributed by atoms with Gasteiger partial charge in [-0.05, 0) is 59.2 Å². The summed E-state index contributed by atoms with van der Waals surface area (Å²) in [6.45, 7) is 1.95. The molecule has 4 aromatic carbocycles. The predicted octanol–water partition coefficient (Wildman–Crippen LogP) is 5.68. The first-order chi connectivity index (χ1) is 19.0. The summed E-state index contributed by atoms with van der Waals surface area (Å²) in [4.78, 5) is 43.1. The third kappa shape index (κ3) is 3.44. The van der Waals surface area contributed by atoms with Crippen LogP contribution in [0.5, 0.6) is 11.5 Å². The molecule has 2 amide bonds. The van der Waals surface area contributed by atoms with E-state index >= 15 is 0 Å². The number of esters is 1. The average Bonchev–Trinajstić information content (AvgIpc) is 3.22. The minimum atomic E-state index is -0.884. The van der Waals surface area contributed by atoms with E-state index in [1.54, 1.807) is 25.3 Å². The van der Waals surface area contributed by atoms with Crippen molar-refractivity contribution in [2.24, 2.45) is 17.8 Å². The van der Waals surface area contributed by atoms with Crippen molar-refractivity contribution in [3.63, 3.8) is 0 Å². The molecule has 0 spiro atoms. The van der Waals surface area contributed by atoms with Crippen molar-refractivity contribution in [2.45, 2.75) is 12.8 Å². The van der Waals surface area contributed by atoms with Gasteiger partial charge in [-0.3, -0.25) is 14.4 Å². The summed E-state index contributed by atoms with van der Waals surface area (Å²) in [6.07, 6.45) is 2.02. The number of nitrogens with zero attached hydrogens (tertiary/aromatic N) is 1. The molecule has 1 aliphatic carbocycles. The van der Waals surface area contributed by atoms with Crippen LogP contribution in [-0.4, -0.2) is 24.9 Å². The Morgan fingerprint density at radius 1 is 0.795 bits per heavy atom. The van der Waals surface area contributed by atoms with Crippen LogP contribution in [0.25, 0.3) is 16.3 Å². The number of imide groups is 1. The van der Waals surface area contributed by atoms with Crippen molar-refractivity contribution in [3.8, 4) is 11.5 Å². The monoisotopic (exact) mass is 515 g/mol.